The Labute approximate surface area is 169 Å². The highest BCUT2D eigenvalue weighted by atomic mass is 16.2. The van der Waals surface area contributed by atoms with E-state index in [1.54, 1.807) is 0 Å². The molecule has 2 aliphatic heterocycles. The van der Waals surface area contributed by atoms with Crippen molar-refractivity contribution < 1.29 is 4.79 Å². The molecule has 3 heterocycles. The number of amides is 1. The molecular weight excluding hydrogens is 350 g/mol. The van der Waals surface area contributed by atoms with Gasteiger partial charge in [-0.3, -0.25) is 4.79 Å². The van der Waals surface area contributed by atoms with Gasteiger partial charge in [0, 0.05) is 45.7 Å². The summed E-state index contributed by atoms with van der Waals surface area (Å²) >= 11 is 0. The zero-order chi connectivity index (χ0) is 19.2. The minimum absolute atomic E-state index is 0.356. The van der Waals surface area contributed by atoms with Crippen LogP contribution in [0.1, 0.15) is 64.2 Å². The highest BCUT2D eigenvalue weighted by Gasteiger charge is 2.25. The molecule has 1 aliphatic carbocycles. The Bertz CT molecular complexity index is 612. The molecule has 6 nitrogen and oxygen atoms in total. The first-order valence-corrected chi connectivity index (χ1v) is 11.4. The van der Waals surface area contributed by atoms with Crippen LogP contribution in [0.2, 0.25) is 0 Å². The van der Waals surface area contributed by atoms with Gasteiger partial charge in [0.25, 0.3) is 0 Å². The molecule has 1 aromatic rings. The molecule has 0 radical (unpaired) electrons. The smallest absolute Gasteiger partial charge is 0.222 e. The Hall–Kier alpha value is -1.85. The molecule has 28 heavy (non-hydrogen) atoms. The molecule has 3 aliphatic rings. The molecule has 0 atom stereocenters. The van der Waals surface area contributed by atoms with Crippen molar-refractivity contribution in [2.45, 2.75) is 64.2 Å². The van der Waals surface area contributed by atoms with Gasteiger partial charge >= 0.3 is 0 Å². The van der Waals surface area contributed by atoms with Gasteiger partial charge < -0.3 is 14.7 Å². The van der Waals surface area contributed by atoms with Gasteiger partial charge in [-0.25, -0.2) is 0 Å². The first-order chi connectivity index (χ1) is 13.8. The van der Waals surface area contributed by atoms with Gasteiger partial charge in [-0.2, -0.15) is 0 Å². The van der Waals surface area contributed by atoms with Crippen LogP contribution in [0.3, 0.4) is 0 Å². The van der Waals surface area contributed by atoms with Gasteiger partial charge in [0.05, 0.1) is 0 Å². The normalized spacial score (nSPS) is 22.2. The second kappa shape index (κ2) is 9.57. The number of rotatable bonds is 4. The minimum Gasteiger partial charge on any atom is -0.355 e. The topological polar surface area (TPSA) is 52.6 Å². The van der Waals surface area contributed by atoms with Crippen LogP contribution in [-0.4, -0.2) is 60.3 Å². The van der Waals surface area contributed by atoms with E-state index in [9.17, 15) is 4.79 Å². The fraction of sp³-hybridized carbons (Fsp3) is 0.773. The van der Waals surface area contributed by atoms with Gasteiger partial charge in [-0.1, -0.05) is 32.1 Å². The third-order valence-corrected chi connectivity index (χ3v) is 6.71. The Morgan fingerprint density at radius 1 is 0.750 bits per heavy atom. The van der Waals surface area contributed by atoms with Gasteiger partial charge in [0.2, 0.25) is 5.91 Å². The van der Waals surface area contributed by atoms with E-state index in [0.29, 0.717) is 11.8 Å². The van der Waals surface area contributed by atoms with Crippen molar-refractivity contribution in [3.8, 4) is 0 Å². The van der Waals surface area contributed by atoms with Gasteiger partial charge in [-0.05, 0) is 43.7 Å². The summed E-state index contributed by atoms with van der Waals surface area (Å²) in [7, 11) is 0. The van der Waals surface area contributed by atoms with Crippen LogP contribution in [0.4, 0.5) is 11.6 Å². The Kier molecular flexibility index (Phi) is 6.65. The van der Waals surface area contributed by atoms with Crippen LogP contribution in [0.25, 0.3) is 0 Å². The molecule has 1 aromatic heterocycles. The van der Waals surface area contributed by atoms with E-state index in [4.69, 9.17) is 0 Å². The highest BCUT2D eigenvalue weighted by Crippen LogP contribution is 2.27. The number of anilines is 2. The number of carbonyl (C=O) groups is 1. The lowest BCUT2D eigenvalue weighted by atomic mass is 9.86. The average molecular weight is 386 g/mol. The summed E-state index contributed by atoms with van der Waals surface area (Å²) in [6.07, 6.45) is 12.3. The molecule has 0 aromatic carbocycles. The van der Waals surface area contributed by atoms with E-state index >= 15 is 0 Å². The van der Waals surface area contributed by atoms with Gasteiger partial charge in [0.1, 0.15) is 0 Å². The molecule has 1 amide bonds. The van der Waals surface area contributed by atoms with E-state index in [-0.39, 0.29) is 0 Å². The van der Waals surface area contributed by atoms with E-state index in [0.717, 1.165) is 57.3 Å². The van der Waals surface area contributed by atoms with Crippen molar-refractivity contribution in [1.82, 2.24) is 15.1 Å². The summed E-state index contributed by atoms with van der Waals surface area (Å²) in [5.74, 6) is 2.93. The molecule has 0 bridgehead atoms. The zero-order valence-electron chi connectivity index (χ0n) is 17.2. The molecule has 3 fully saturated rings. The van der Waals surface area contributed by atoms with Crippen molar-refractivity contribution in [2.24, 2.45) is 5.92 Å². The third-order valence-electron chi connectivity index (χ3n) is 6.71. The lowest BCUT2D eigenvalue weighted by Gasteiger charge is -2.36. The monoisotopic (exact) mass is 385 g/mol. The standard InChI is InChI=1S/C22H35N5O/c28-22(18-19-8-4-3-5-9-19)27-16-14-26(15-17-27)21-11-10-20(23-24-21)25-12-6-1-2-7-13-25/h10-11,19H,1-9,12-18H2. The zero-order valence-corrected chi connectivity index (χ0v) is 17.2. The maximum absolute atomic E-state index is 12.6. The maximum atomic E-state index is 12.6. The average Bonchev–Trinajstić information content (AvgIpc) is 3.04. The number of hydrogen-bond donors (Lipinski definition) is 0. The molecule has 4 rings (SSSR count). The van der Waals surface area contributed by atoms with Crippen LogP contribution in [-0.2, 0) is 4.79 Å². The molecule has 2 saturated heterocycles. The number of carbonyl (C=O) groups excluding carboxylic acids is 1. The third kappa shape index (κ3) is 4.95. The first-order valence-electron chi connectivity index (χ1n) is 11.4. The lowest BCUT2D eigenvalue weighted by molar-refractivity contribution is -0.132. The van der Waals surface area contributed by atoms with Crippen molar-refractivity contribution in [3.05, 3.63) is 12.1 Å². The molecule has 0 unspecified atom stereocenters. The molecular formula is C22H35N5O. The van der Waals surface area contributed by atoms with Crippen LogP contribution >= 0.6 is 0 Å². The van der Waals surface area contributed by atoms with Crippen LogP contribution in [0.15, 0.2) is 12.1 Å². The number of hydrogen-bond acceptors (Lipinski definition) is 5. The Balaban J connectivity index is 1.26. The van der Waals surface area contributed by atoms with E-state index in [2.05, 4.69) is 37.0 Å². The Morgan fingerprint density at radius 3 is 1.86 bits per heavy atom. The highest BCUT2D eigenvalue weighted by molar-refractivity contribution is 5.76. The van der Waals surface area contributed by atoms with Crippen molar-refractivity contribution in [2.75, 3.05) is 49.1 Å². The predicted molar refractivity (Wildman–Crippen MR) is 113 cm³/mol. The fourth-order valence-electron chi connectivity index (χ4n) is 4.91. The Morgan fingerprint density at radius 2 is 1.29 bits per heavy atom. The van der Waals surface area contributed by atoms with Gasteiger partial charge in [0.15, 0.2) is 11.6 Å². The first kappa shape index (κ1) is 19.5. The summed E-state index contributed by atoms with van der Waals surface area (Å²) in [5.41, 5.74) is 0. The molecule has 0 spiro atoms. The van der Waals surface area contributed by atoms with Crippen molar-refractivity contribution in [3.63, 3.8) is 0 Å². The van der Waals surface area contributed by atoms with Crippen LogP contribution in [0, 0.1) is 5.92 Å². The lowest BCUT2D eigenvalue weighted by Crippen LogP contribution is -2.49. The second-order valence-corrected chi connectivity index (χ2v) is 8.73. The SMILES string of the molecule is O=C(CC1CCCCC1)N1CCN(c2ccc(N3CCCCCC3)nn2)CC1. The molecule has 154 valence electrons. The summed E-state index contributed by atoms with van der Waals surface area (Å²) < 4.78 is 0. The van der Waals surface area contributed by atoms with Crippen LogP contribution in [0.5, 0.6) is 0 Å². The summed E-state index contributed by atoms with van der Waals surface area (Å²) in [4.78, 5) is 19.3. The number of nitrogens with zero attached hydrogens (tertiary/aromatic N) is 5. The van der Waals surface area contributed by atoms with E-state index in [1.165, 1.54) is 57.8 Å². The fourth-order valence-corrected chi connectivity index (χ4v) is 4.91. The van der Waals surface area contributed by atoms with Crippen molar-refractivity contribution in [1.29, 1.82) is 0 Å². The quantitative estimate of drug-likeness (QED) is 0.794. The largest absolute Gasteiger partial charge is 0.355 e. The minimum atomic E-state index is 0.356. The second-order valence-electron chi connectivity index (χ2n) is 8.73. The number of aromatic nitrogens is 2. The molecule has 6 heteroatoms. The maximum Gasteiger partial charge on any atom is 0.222 e. The molecule has 1 saturated carbocycles. The van der Waals surface area contributed by atoms with E-state index < -0.39 is 0 Å². The van der Waals surface area contributed by atoms with Crippen molar-refractivity contribution >= 4 is 17.5 Å². The predicted octanol–water partition coefficient (Wildman–Crippen LogP) is 3.48. The van der Waals surface area contributed by atoms with Gasteiger partial charge in [-0.15, -0.1) is 10.2 Å². The summed E-state index contributed by atoms with van der Waals surface area (Å²) in [6, 6.07) is 4.22. The molecule has 0 N–H and O–H groups in total. The summed E-state index contributed by atoms with van der Waals surface area (Å²) in [5, 5.41) is 9.01. The van der Waals surface area contributed by atoms with Crippen LogP contribution < -0.4 is 9.80 Å². The number of piperazine rings is 1. The van der Waals surface area contributed by atoms with E-state index in [1.807, 2.05) is 0 Å². The summed E-state index contributed by atoms with van der Waals surface area (Å²) in [6.45, 7) is 5.51.